The summed E-state index contributed by atoms with van der Waals surface area (Å²) in [5.74, 6) is 0. The van der Waals surface area contributed by atoms with Crippen molar-refractivity contribution < 1.29 is 4.79 Å². The molecule has 1 N–H and O–H groups in total. The lowest BCUT2D eigenvalue weighted by atomic mass is 10.2. The van der Waals surface area contributed by atoms with Crippen LogP contribution in [0.4, 0.5) is 10.5 Å². The van der Waals surface area contributed by atoms with Gasteiger partial charge in [-0.25, -0.2) is 4.79 Å². The molecule has 1 aromatic carbocycles. The van der Waals surface area contributed by atoms with Crippen molar-refractivity contribution in [2.75, 3.05) is 18.0 Å². The summed E-state index contributed by atoms with van der Waals surface area (Å²) in [6, 6.07) is 5.07. The van der Waals surface area contributed by atoms with Crippen molar-refractivity contribution >= 4 is 34.9 Å². The summed E-state index contributed by atoms with van der Waals surface area (Å²) in [6.07, 6.45) is 0.896. The molecule has 0 unspecified atom stereocenters. The number of halogens is 2. The average molecular weight is 245 g/mol. The number of hydrogen-bond donors (Lipinski definition) is 1. The van der Waals surface area contributed by atoms with E-state index in [2.05, 4.69) is 5.32 Å². The number of urea groups is 1. The van der Waals surface area contributed by atoms with Crippen LogP contribution >= 0.6 is 23.2 Å². The Kier molecular flexibility index (Phi) is 3.03. The van der Waals surface area contributed by atoms with Crippen molar-refractivity contribution in [3.8, 4) is 0 Å². The molecule has 3 nitrogen and oxygen atoms in total. The molecule has 0 atom stereocenters. The summed E-state index contributed by atoms with van der Waals surface area (Å²) in [4.78, 5) is 13.2. The number of benzene rings is 1. The van der Waals surface area contributed by atoms with E-state index in [0.29, 0.717) is 28.8 Å². The maximum atomic E-state index is 11.6. The van der Waals surface area contributed by atoms with Gasteiger partial charge in [0.2, 0.25) is 0 Å². The largest absolute Gasteiger partial charge is 0.338 e. The summed E-state index contributed by atoms with van der Waals surface area (Å²) >= 11 is 12.0. The van der Waals surface area contributed by atoms with E-state index in [-0.39, 0.29) is 6.03 Å². The Balaban J connectivity index is 2.39. The zero-order valence-corrected chi connectivity index (χ0v) is 9.48. The highest BCUT2D eigenvalue weighted by atomic mass is 35.5. The van der Waals surface area contributed by atoms with Crippen molar-refractivity contribution in [3.63, 3.8) is 0 Å². The zero-order valence-electron chi connectivity index (χ0n) is 7.96. The highest BCUT2D eigenvalue weighted by Crippen LogP contribution is 2.34. The molecule has 0 aliphatic carbocycles. The van der Waals surface area contributed by atoms with Crippen molar-refractivity contribution in [2.45, 2.75) is 6.42 Å². The predicted molar refractivity (Wildman–Crippen MR) is 61.8 cm³/mol. The van der Waals surface area contributed by atoms with Crippen LogP contribution in [0.3, 0.4) is 0 Å². The van der Waals surface area contributed by atoms with E-state index in [4.69, 9.17) is 23.2 Å². The van der Waals surface area contributed by atoms with Gasteiger partial charge in [-0.3, -0.25) is 4.90 Å². The molecule has 80 valence electrons. The Hall–Kier alpha value is -0.930. The van der Waals surface area contributed by atoms with Gasteiger partial charge in [0.05, 0.1) is 15.7 Å². The molecule has 1 heterocycles. The molecule has 0 bridgehead atoms. The summed E-state index contributed by atoms with van der Waals surface area (Å²) in [5.41, 5.74) is 0.595. The molecule has 5 heteroatoms. The molecular weight excluding hydrogens is 235 g/mol. The molecule has 0 radical (unpaired) electrons. The van der Waals surface area contributed by atoms with Crippen molar-refractivity contribution in [2.24, 2.45) is 0 Å². The number of para-hydroxylation sites is 1. The molecule has 0 spiro atoms. The van der Waals surface area contributed by atoms with Crippen LogP contribution < -0.4 is 10.2 Å². The molecule has 1 aromatic rings. The van der Waals surface area contributed by atoms with E-state index >= 15 is 0 Å². The summed E-state index contributed by atoms with van der Waals surface area (Å²) in [7, 11) is 0. The topological polar surface area (TPSA) is 32.3 Å². The van der Waals surface area contributed by atoms with Crippen LogP contribution in [0.5, 0.6) is 0 Å². The van der Waals surface area contributed by atoms with Gasteiger partial charge in [-0.1, -0.05) is 29.3 Å². The first-order valence-electron chi connectivity index (χ1n) is 4.69. The first-order valence-corrected chi connectivity index (χ1v) is 5.45. The smallest absolute Gasteiger partial charge is 0.321 e. The number of nitrogens with zero attached hydrogens (tertiary/aromatic N) is 1. The second kappa shape index (κ2) is 4.29. The minimum Gasteiger partial charge on any atom is -0.338 e. The molecular formula is C10H10Cl2N2O. The van der Waals surface area contributed by atoms with E-state index in [1.807, 2.05) is 0 Å². The Morgan fingerprint density at radius 3 is 2.53 bits per heavy atom. The number of anilines is 1. The molecule has 2 rings (SSSR count). The standard InChI is InChI=1S/C10H10Cl2N2O/c11-7-3-1-4-8(12)9(7)14-6-2-5-13-10(14)15/h1,3-4H,2,5-6H2,(H,13,15). The van der Waals surface area contributed by atoms with Crippen LogP contribution in [0.2, 0.25) is 10.0 Å². The third kappa shape index (κ3) is 2.03. The molecule has 2 amide bonds. The van der Waals surface area contributed by atoms with Crippen LogP contribution in [0.25, 0.3) is 0 Å². The molecule has 0 saturated carbocycles. The maximum Gasteiger partial charge on any atom is 0.321 e. The molecule has 1 aliphatic rings. The molecule has 15 heavy (non-hydrogen) atoms. The van der Waals surface area contributed by atoms with Gasteiger partial charge in [-0.15, -0.1) is 0 Å². The minimum atomic E-state index is -0.142. The van der Waals surface area contributed by atoms with Gasteiger partial charge < -0.3 is 5.32 Å². The van der Waals surface area contributed by atoms with Gasteiger partial charge in [0, 0.05) is 13.1 Å². The van der Waals surface area contributed by atoms with Crippen LogP contribution in [-0.2, 0) is 0 Å². The van der Waals surface area contributed by atoms with Crippen molar-refractivity contribution in [1.29, 1.82) is 0 Å². The monoisotopic (exact) mass is 244 g/mol. The normalized spacial score (nSPS) is 16.4. The van der Waals surface area contributed by atoms with Crippen LogP contribution in [0.15, 0.2) is 18.2 Å². The first kappa shape index (κ1) is 10.6. The SMILES string of the molecule is O=C1NCCCN1c1c(Cl)cccc1Cl. The number of amides is 2. The fourth-order valence-corrected chi connectivity index (χ4v) is 2.19. The van der Waals surface area contributed by atoms with Gasteiger partial charge in [0.25, 0.3) is 0 Å². The van der Waals surface area contributed by atoms with E-state index in [1.54, 1.807) is 23.1 Å². The number of carbonyl (C=O) groups excluding carboxylic acids is 1. The van der Waals surface area contributed by atoms with Crippen molar-refractivity contribution in [3.05, 3.63) is 28.2 Å². The quantitative estimate of drug-likeness (QED) is 0.810. The van der Waals surface area contributed by atoms with Gasteiger partial charge in [-0.05, 0) is 18.6 Å². The first-order chi connectivity index (χ1) is 7.20. The summed E-state index contributed by atoms with van der Waals surface area (Å²) in [5, 5.41) is 3.75. The third-order valence-corrected chi connectivity index (χ3v) is 2.90. The average Bonchev–Trinajstić information content (AvgIpc) is 2.20. The highest BCUT2D eigenvalue weighted by Gasteiger charge is 2.23. The van der Waals surface area contributed by atoms with Crippen LogP contribution in [0, 0.1) is 0 Å². The van der Waals surface area contributed by atoms with Gasteiger partial charge in [0.1, 0.15) is 0 Å². The predicted octanol–water partition coefficient (Wildman–Crippen LogP) is 2.91. The van der Waals surface area contributed by atoms with Gasteiger partial charge in [-0.2, -0.15) is 0 Å². The van der Waals surface area contributed by atoms with E-state index in [1.165, 1.54) is 0 Å². The molecule has 0 aromatic heterocycles. The second-order valence-electron chi connectivity index (χ2n) is 3.31. The number of rotatable bonds is 1. The minimum absolute atomic E-state index is 0.142. The summed E-state index contributed by atoms with van der Waals surface area (Å²) < 4.78 is 0. The van der Waals surface area contributed by atoms with Crippen LogP contribution in [-0.4, -0.2) is 19.1 Å². The lowest BCUT2D eigenvalue weighted by Crippen LogP contribution is -2.46. The lowest BCUT2D eigenvalue weighted by molar-refractivity contribution is 0.243. The molecule has 1 aliphatic heterocycles. The fourth-order valence-electron chi connectivity index (χ4n) is 1.59. The van der Waals surface area contributed by atoms with Gasteiger partial charge in [0.15, 0.2) is 0 Å². The van der Waals surface area contributed by atoms with E-state index in [9.17, 15) is 4.79 Å². The number of hydrogen-bond acceptors (Lipinski definition) is 1. The highest BCUT2D eigenvalue weighted by molar-refractivity contribution is 6.39. The Morgan fingerprint density at radius 1 is 1.27 bits per heavy atom. The third-order valence-electron chi connectivity index (χ3n) is 2.29. The van der Waals surface area contributed by atoms with Crippen LogP contribution in [0.1, 0.15) is 6.42 Å². The summed E-state index contributed by atoms with van der Waals surface area (Å²) in [6.45, 7) is 1.35. The zero-order chi connectivity index (χ0) is 10.8. The number of carbonyl (C=O) groups is 1. The molecule has 1 saturated heterocycles. The lowest BCUT2D eigenvalue weighted by Gasteiger charge is -2.28. The van der Waals surface area contributed by atoms with Crippen molar-refractivity contribution in [1.82, 2.24) is 5.32 Å². The fraction of sp³-hybridized carbons (Fsp3) is 0.300. The van der Waals surface area contributed by atoms with Gasteiger partial charge >= 0.3 is 6.03 Å². The Labute approximate surface area is 98.0 Å². The molecule has 1 fully saturated rings. The van der Waals surface area contributed by atoms with E-state index in [0.717, 1.165) is 6.42 Å². The maximum absolute atomic E-state index is 11.6. The number of nitrogens with one attached hydrogen (secondary N) is 1. The van der Waals surface area contributed by atoms with E-state index < -0.39 is 0 Å². The second-order valence-corrected chi connectivity index (χ2v) is 4.12. The Bertz CT molecular complexity index is 375. The Morgan fingerprint density at radius 2 is 1.93 bits per heavy atom.